The van der Waals surface area contributed by atoms with Crippen molar-refractivity contribution >= 4 is 5.65 Å². The van der Waals surface area contributed by atoms with Crippen LogP contribution in [-0.2, 0) is 6.42 Å². The van der Waals surface area contributed by atoms with Gasteiger partial charge in [0.15, 0.2) is 5.65 Å². The topological polar surface area (TPSA) is 43.1 Å². The van der Waals surface area contributed by atoms with E-state index in [1.807, 2.05) is 31.2 Å². The molecule has 0 atom stereocenters. The summed E-state index contributed by atoms with van der Waals surface area (Å²) >= 11 is 0. The molecular formula is C13H18N4. The highest BCUT2D eigenvalue weighted by Gasteiger charge is 2.08. The Hall–Kier alpha value is -1.97. The van der Waals surface area contributed by atoms with Gasteiger partial charge in [-0.05, 0) is 20.8 Å². The van der Waals surface area contributed by atoms with Crippen LogP contribution in [0.1, 0.15) is 24.0 Å². The van der Waals surface area contributed by atoms with Gasteiger partial charge in [-0.1, -0.05) is 12.2 Å². The molecule has 0 aliphatic carbocycles. The minimum atomic E-state index is 0.847. The van der Waals surface area contributed by atoms with E-state index in [2.05, 4.69) is 34.4 Å². The van der Waals surface area contributed by atoms with E-state index in [1.165, 1.54) is 0 Å². The third kappa shape index (κ3) is 2.58. The van der Waals surface area contributed by atoms with Crippen LogP contribution in [0, 0.1) is 13.8 Å². The van der Waals surface area contributed by atoms with E-state index >= 15 is 0 Å². The highest BCUT2D eigenvalue weighted by atomic mass is 15.2. The van der Waals surface area contributed by atoms with E-state index in [0.29, 0.717) is 0 Å². The zero-order valence-electron chi connectivity index (χ0n) is 10.6. The molecule has 90 valence electrons. The number of hydrogen-bond acceptors (Lipinski definition) is 3. The van der Waals surface area contributed by atoms with Gasteiger partial charge in [-0.25, -0.2) is 0 Å². The lowest BCUT2D eigenvalue weighted by Gasteiger charge is -2.07. The monoisotopic (exact) mass is 230 g/mol. The zero-order valence-corrected chi connectivity index (χ0v) is 10.6. The number of fused-ring (bicyclic) bond motifs is 1. The molecule has 4 heteroatoms. The molecule has 0 aromatic carbocycles. The van der Waals surface area contributed by atoms with Gasteiger partial charge in [0.05, 0.1) is 17.1 Å². The summed E-state index contributed by atoms with van der Waals surface area (Å²) in [5.41, 5.74) is 3.96. The van der Waals surface area contributed by atoms with Gasteiger partial charge in [-0.3, -0.25) is 9.38 Å². The Bertz CT molecular complexity index is 525. The van der Waals surface area contributed by atoms with E-state index in [4.69, 9.17) is 0 Å². The molecule has 2 aromatic rings. The fourth-order valence-corrected chi connectivity index (χ4v) is 1.70. The predicted molar refractivity (Wildman–Crippen MR) is 70.0 cm³/mol. The summed E-state index contributed by atoms with van der Waals surface area (Å²) in [6.07, 6.45) is 6.76. The van der Waals surface area contributed by atoms with Crippen molar-refractivity contribution in [2.75, 3.05) is 0 Å². The van der Waals surface area contributed by atoms with Crippen molar-refractivity contribution in [1.82, 2.24) is 19.6 Å². The first kappa shape index (κ1) is 13.1. The van der Waals surface area contributed by atoms with Crippen LogP contribution in [0.5, 0.6) is 0 Å². The van der Waals surface area contributed by atoms with Gasteiger partial charge >= 0.3 is 0 Å². The Labute approximate surface area is 102 Å². The maximum Gasteiger partial charge on any atom is 0.182 e. The van der Waals surface area contributed by atoms with Gasteiger partial charge in [-0.15, -0.1) is 23.4 Å². The first-order chi connectivity index (χ1) is 8.24. The Kier molecular flexibility index (Phi) is 4.57. The Morgan fingerprint density at radius 3 is 2.65 bits per heavy atom. The second-order valence-electron chi connectivity index (χ2n) is 3.53. The predicted octanol–water partition coefficient (Wildman–Crippen LogP) is 2.66. The van der Waals surface area contributed by atoms with E-state index in [9.17, 15) is 0 Å². The van der Waals surface area contributed by atoms with Crippen LogP contribution >= 0.6 is 0 Å². The van der Waals surface area contributed by atoms with E-state index in [1.54, 1.807) is 6.33 Å². The summed E-state index contributed by atoms with van der Waals surface area (Å²) in [5, 5.41) is 7.98. The molecule has 0 spiro atoms. The average molecular weight is 230 g/mol. The van der Waals surface area contributed by atoms with Gasteiger partial charge in [-0.2, -0.15) is 0 Å². The number of hydrogen-bond donors (Lipinski definition) is 0. The van der Waals surface area contributed by atoms with Crippen molar-refractivity contribution in [3.63, 3.8) is 0 Å². The third-order valence-electron chi connectivity index (χ3n) is 2.46. The van der Waals surface area contributed by atoms with Crippen LogP contribution in [0.25, 0.3) is 5.65 Å². The molecule has 17 heavy (non-hydrogen) atoms. The number of rotatable bonds is 2. The standard InChI is InChI=1S/C11H14N4.C2H4/c1-4-5-6-10-8(2)13-9(3)11-14-12-7-15(10)11;1-2/h4-5,7H,6H2,1-3H3;1-2H2/b5-4-;. The summed E-state index contributed by atoms with van der Waals surface area (Å²) in [6, 6.07) is 0. The summed E-state index contributed by atoms with van der Waals surface area (Å²) in [5.74, 6) is 0. The summed E-state index contributed by atoms with van der Waals surface area (Å²) in [7, 11) is 0. The number of nitrogens with zero attached hydrogens (tertiary/aromatic N) is 4. The lowest BCUT2D eigenvalue weighted by Crippen LogP contribution is -2.03. The van der Waals surface area contributed by atoms with Crippen molar-refractivity contribution in [3.05, 3.63) is 48.7 Å². The molecule has 0 saturated carbocycles. The van der Waals surface area contributed by atoms with Crippen molar-refractivity contribution in [3.8, 4) is 0 Å². The van der Waals surface area contributed by atoms with Gasteiger partial charge < -0.3 is 0 Å². The quantitative estimate of drug-likeness (QED) is 0.745. The molecule has 0 N–H and O–H groups in total. The minimum Gasteiger partial charge on any atom is -0.282 e. The van der Waals surface area contributed by atoms with Gasteiger partial charge in [0, 0.05) is 6.42 Å². The molecule has 0 amide bonds. The lowest BCUT2D eigenvalue weighted by atomic mass is 10.2. The third-order valence-corrected chi connectivity index (χ3v) is 2.46. The summed E-state index contributed by atoms with van der Waals surface area (Å²) in [6.45, 7) is 12.0. The van der Waals surface area contributed by atoms with Gasteiger partial charge in [0.1, 0.15) is 6.33 Å². The molecule has 2 aromatic heterocycles. The maximum atomic E-state index is 4.47. The SMILES string of the molecule is C/C=C\Cc1c(C)nc(C)c2nncn12.C=C. The van der Waals surface area contributed by atoms with Crippen LogP contribution in [0.2, 0.25) is 0 Å². The normalized spacial score (nSPS) is 10.5. The molecule has 0 fully saturated rings. The smallest absolute Gasteiger partial charge is 0.182 e. The molecule has 0 radical (unpaired) electrons. The van der Waals surface area contributed by atoms with Crippen molar-refractivity contribution < 1.29 is 0 Å². The summed E-state index contributed by atoms with van der Waals surface area (Å²) < 4.78 is 2.01. The molecule has 0 unspecified atom stereocenters. The van der Waals surface area contributed by atoms with Crippen LogP contribution in [-0.4, -0.2) is 19.6 Å². The van der Waals surface area contributed by atoms with Gasteiger partial charge in [0.25, 0.3) is 0 Å². The van der Waals surface area contributed by atoms with Crippen LogP contribution < -0.4 is 0 Å². The Balaban J connectivity index is 0.000000686. The second kappa shape index (κ2) is 5.94. The minimum absolute atomic E-state index is 0.847. The molecule has 0 saturated heterocycles. The van der Waals surface area contributed by atoms with Crippen molar-refractivity contribution in [1.29, 1.82) is 0 Å². The molecule has 4 nitrogen and oxygen atoms in total. The van der Waals surface area contributed by atoms with Crippen LogP contribution in [0.15, 0.2) is 31.6 Å². The Morgan fingerprint density at radius 2 is 2.00 bits per heavy atom. The fraction of sp³-hybridized carbons (Fsp3) is 0.308. The van der Waals surface area contributed by atoms with Crippen molar-refractivity contribution in [2.45, 2.75) is 27.2 Å². The summed E-state index contributed by atoms with van der Waals surface area (Å²) in [4.78, 5) is 4.47. The van der Waals surface area contributed by atoms with E-state index in [-0.39, 0.29) is 0 Å². The number of aromatic nitrogens is 4. The highest BCUT2D eigenvalue weighted by Crippen LogP contribution is 2.12. The number of allylic oxidation sites excluding steroid dienone is 2. The molecule has 0 aliphatic heterocycles. The molecule has 2 heterocycles. The van der Waals surface area contributed by atoms with Gasteiger partial charge in [0.2, 0.25) is 0 Å². The maximum absolute atomic E-state index is 4.47. The molecular weight excluding hydrogens is 212 g/mol. The highest BCUT2D eigenvalue weighted by molar-refractivity contribution is 5.44. The lowest BCUT2D eigenvalue weighted by molar-refractivity contribution is 0.931. The Morgan fingerprint density at radius 1 is 1.29 bits per heavy atom. The van der Waals surface area contributed by atoms with Crippen LogP contribution in [0.3, 0.4) is 0 Å². The first-order valence-corrected chi connectivity index (χ1v) is 5.51. The second-order valence-corrected chi connectivity index (χ2v) is 3.53. The fourth-order valence-electron chi connectivity index (χ4n) is 1.70. The molecule has 0 aliphatic rings. The largest absolute Gasteiger partial charge is 0.282 e. The van der Waals surface area contributed by atoms with Crippen molar-refractivity contribution in [2.24, 2.45) is 0 Å². The first-order valence-electron chi connectivity index (χ1n) is 5.51. The number of aryl methyl sites for hydroxylation is 2. The zero-order chi connectivity index (χ0) is 12.8. The van der Waals surface area contributed by atoms with E-state index < -0.39 is 0 Å². The molecule has 2 rings (SSSR count). The van der Waals surface area contributed by atoms with E-state index in [0.717, 1.165) is 29.1 Å². The van der Waals surface area contributed by atoms with Crippen LogP contribution in [0.4, 0.5) is 0 Å². The molecule has 0 bridgehead atoms. The average Bonchev–Trinajstić information content (AvgIpc) is 2.81.